The number of carbonyl (C=O) groups is 1. The number of aliphatic hydroxyl groups is 1. The zero-order valence-electron chi connectivity index (χ0n) is 11.8. The van der Waals surface area contributed by atoms with Crippen LogP contribution in [0.4, 0.5) is 4.79 Å². The van der Waals surface area contributed by atoms with Gasteiger partial charge in [0, 0.05) is 11.1 Å². The van der Waals surface area contributed by atoms with Crippen molar-refractivity contribution < 1.29 is 15.1 Å². The van der Waals surface area contributed by atoms with Gasteiger partial charge >= 0.3 is 6.03 Å². The number of aliphatic hydroxyl groups excluding tert-OH is 1. The molecule has 0 saturated carbocycles. The topological polar surface area (TPSA) is 99.7 Å². The van der Waals surface area contributed by atoms with Crippen LogP contribution >= 0.6 is 11.3 Å². The van der Waals surface area contributed by atoms with Gasteiger partial charge in [0.25, 0.3) is 0 Å². The average molecular weight is 317 g/mol. The van der Waals surface area contributed by atoms with Crippen molar-refractivity contribution in [2.45, 2.75) is 19.1 Å². The summed E-state index contributed by atoms with van der Waals surface area (Å²) >= 11 is 1.32. The number of nitrogens with two attached hydrogens (primary N) is 1. The van der Waals surface area contributed by atoms with E-state index in [-0.39, 0.29) is 0 Å². The third-order valence-electron chi connectivity index (χ3n) is 2.86. The molecule has 2 aromatic rings. The maximum Gasteiger partial charge on any atom is 0.339 e. The number of pyridine rings is 1. The molecule has 2 heterocycles. The van der Waals surface area contributed by atoms with Crippen molar-refractivity contribution in [3.05, 3.63) is 52.0 Å². The van der Waals surface area contributed by atoms with Crippen LogP contribution < -0.4 is 5.73 Å². The fourth-order valence-electron chi connectivity index (χ4n) is 1.68. The second kappa shape index (κ2) is 7.04. The summed E-state index contributed by atoms with van der Waals surface area (Å²) in [5.74, 6) is 5.54. The van der Waals surface area contributed by atoms with E-state index in [0.717, 1.165) is 0 Å². The smallest absolute Gasteiger partial charge is 0.339 e. The summed E-state index contributed by atoms with van der Waals surface area (Å²) in [6.07, 6.45) is 0.813. The minimum absolute atomic E-state index is 0.365. The first-order chi connectivity index (χ1) is 10.5. The molecule has 0 fully saturated rings. The highest BCUT2D eigenvalue weighted by Gasteiger charge is 2.14. The van der Waals surface area contributed by atoms with Gasteiger partial charge in [-0.3, -0.25) is 10.2 Å². The molecule has 2 aromatic heterocycles. The summed E-state index contributed by atoms with van der Waals surface area (Å²) < 4.78 is 0. The summed E-state index contributed by atoms with van der Waals surface area (Å²) in [5.41, 5.74) is 5.51. The lowest BCUT2D eigenvalue weighted by molar-refractivity contribution is -0.0536. The van der Waals surface area contributed by atoms with Crippen molar-refractivity contribution >= 4 is 17.4 Å². The van der Waals surface area contributed by atoms with Gasteiger partial charge in [0.15, 0.2) is 0 Å². The highest BCUT2D eigenvalue weighted by Crippen LogP contribution is 2.26. The zero-order valence-corrected chi connectivity index (χ0v) is 12.6. The van der Waals surface area contributed by atoms with Crippen molar-refractivity contribution in [1.29, 1.82) is 0 Å². The van der Waals surface area contributed by atoms with Crippen LogP contribution in [0, 0.1) is 11.8 Å². The van der Waals surface area contributed by atoms with E-state index >= 15 is 0 Å². The Balaban J connectivity index is 2.11. The highest BCUT2D eigenvalue weighted by molar-refractivity contribution is 7.12. The van der Waals surface area contributed by atoms with Crippen molar-refractivity contribution in [3.8, 4) is 11.8 Å². The number of urea groups is 1. The van der Waals surface area contributed by atoms with Crippen LogP contribution in [0.2, 0.25) is 0 Å². The molecule has 0 aliphatic carbocycles. The first-order valence-corrected chi connectivity index (χ1v) is 7.28. The minimum atomic E-state index is -0.959. The Morgan fingerprint density at radius 2 is 2.18 bits per heavy atom. The molecule has 2 rings (SSSR count). The third-order valence-corrected chi connectivity index (χ3v) is 3.91. The van der Waals surface area contributed by atoms with E-state index in [1.54, 1.807) is 43.5 Å². The SMILES string of the molecule is CC(C#Cc1ccc([C@H](O)c2ccccn2)s1)N(O)C(N)=O. The number of hydrogen-bond donors (Lipinski definition) is 3. The van der Waals surface area contributed by atoms with Gasteiger partial charge < -0.3 is 10.8 Å². The first-order valence-electron chi connectivity index (χ1n) is 6.47. The fraction of sp³-hybridized carbons (Fsp3) is 0.200. The van der Waals surface area contributed by atoms with Crippen LogP contribution in [0.15, 0.2) is 36.5 Å². The van der Waals surface area contributed by atoms with E-state index in [9.17, 15) is 15.1 Å². The molecule has 22 heavy (non-hydrogen) atoms. The van der Waals surface area contributed by atoms with Crippen LogP contribution in [-0.2, 0) is 0 Å². The van der Waals surface area contributed by atoms with E-state index in [1.807, 2.05) is 0 Å². The minimum Gasteiger partial charge on any atom is -0.381 e. The van der Waals surface area contributed by atoms with Gasteiger partial charge in [0.05, 0.1) is 10.6 Å². The molecule has 0 aromatic carbocycles. The number of hydroxylamine groups is 2. The van der Waals surface area contributed by atoms with Crippen LogP contribution in [-0.4, -0.2) is 32.4 Å². The monoisotopic (exact) mass is 317 g/mol. The molecule has 2 amide bonds. The number of nitrogens with zero attached hydrogens (tertiary/aromatic N) is 2. The van der Waals surface area contributed by atoms with Gasteiger partial charge in [-0.15, -0.1) is 11.3 Å². The average Bonchev–Trinajstić information content (AvgIpc) is 3.00. The van der Waals surface area contributed by atoms with E-state index in [2.05, 4.69) is 16.8 Å². The van der Waals surface area contributed by atoms with Gasteiger partial charge in [-0.2, -0.15) is 5.06 Å². The molecule has 0 saturated heterocycles. The largest absolute Gasteiger partial charge is 0.381 e. The second-order valence-corrected chi connectivity index (χ2v) is 5.60. The maximum atomic E-state index is 10.8. The Labute approximate surface area is 131 Å². The zero-order chi connectivity index (χ0) is 16.1. The number of hydrogen-bond acceptors (Lipinski definition) is 5. The van der Waals surface area contributed by atoms with Crippen molar-refractivity contribution in [2.75, 3.05) is 0 Å². The number of amides is 2. The molecular weight excluding hydrogens is 302 g/mol. The molecule has 0 bridgehead atoms. The third kappa shape index (κ3) is 3.83. The van der Waals surface area contributed by atoms with E-state index in [4.69, 9.17) is 5.73 Å². The Morgan fingerprint density at radius 1 is 1.41 bits per heavy atom. The summed E-state index contributed by atoms with van der Waals surface area (Å²) in [5, 5.41) is 19.9. The number of aromatic nitrogens is 1. The molecule has 6 nitrogen and oxygen atoms in total. The highest BCUT2D eigenvalue weighted by atomic mass is 32.1. The van der Waals surface area contributed by atoms with Gasteiger partial charge in [0.1, 0.15) is 12.1 Å². The van der Waals surface area contributed by atoms with Gasteiger partial charge in [-0.25, -0.2) is 4.79 Å². The summed E-state index contributed by atoms with van der Waals surface area (Å²) in [4.78, 5) is 16.3. The predicted octanol–water partition coefficient (Wildman–Crippen LogP) is 1.73. The second-order valence-electron chi connectivity index (χ2n) is 4.49. The Hall–Kier alpha value is -2.40. The molecular formula is C15H15N3O3S. The van der Waals surface area contributed by atoms with E-state index in [1.165, 1.54) is 11.3 Å². The lowest BCUT2D eigenvalue weighted by atomic mass is 10.2. The van der Waals surface area contributed by atoms with Crippen molar-refractivity contribution in [2.24, 2.45) is 5.73 Å². The Bertz CT molecular complexity index is 706. The lowest BCUT2D eigenvalue weighted by Crippen LogP contribution is -2.38. The molecule has 0 aliphatic rings. The summed E-state index contributed by atoms with van der Waals surface area (Å²) in [7, 11) is 0. The number of thiophene rings is 1. The molecule has 0 radical (unpaired) electrons. The Morgan fingerprint density at radius 3 is 2.82 bits per heavy atom. The molecule has 0 spiro atoms. The molecule has 0 aliphatic heterocycles. The molecule has 1 unspecified atom stereocenters. The molecule has 2 atom stereocenters. The molecule has 114 valence electrons. The fourth-order valence-corrected chi connectivity index (χ4v) is 2.55. The van der Waals surface area contributed by atoms with Crippen LogP contribution in [0.1, 0.15) is 28.5 Å². The molecule has 4 N–H and O–H groups in total. The normalized spacial score (nSPS) is 12.9. The van der Waals surface area contributed by atoms with Gasteiger partial charge in [-0.1, -0.05) is 17.9 Å². The van der Waals surface area contributed by atoms with E-state index in [0.29, 0.717) is 20.5 Å². The number of carbonyl (C=O) groups excluding carboxylic acids is 1. The lowest BCUT2D eigenvalue weighted by Gasteiger charge is -2.14. The first kappa shape index (κ1) is 16.0. The summed E-state index contributed by atoms with van der Waals surface area (Å²) in [6, 6.07) is 7.18. The van der Waals surface area contributed by atoms with Gasteiger partial charge in [0.2, 0.25) is 0 Å². The van der Waals surface area contributed by atoms with Gasteiger partial charge in [-0.05, 0) is 31.2 Å². The van der Waals surface area contributed by atoms with Crippen LogP contribution in [0.25, 0.3) is 0 Å². The predicted molar refractivity (Wildman–Crippen MR) is 82.2 cm³/mol. The quantitative estimate of drug-likeness (QED) is 0.456. The van der Waals surface area contributed by atoms with Crippen molar-refractivity contribution in [1.82, 2.24) is 10.0 Å². The maximum absolute atomic E-state index is 10.8. The van der Waals surface area contributed by atoms with Crippen molar-refractivity contribution in [3.63, 3.8) is 0 Å². The standard InChI is InChI=1S/C15H15N3O3S/c1-10(18(21)15(16)20)5-6-11-7-8-13(22-11)14(19)12-4-2-3-9-17-12/h2-4,7-10,14,19,21H,1H3,(H2,16,20)/t10?,14-/m1/s1. The van der Waals surface area contributed by atoms with E-state index < -0.39 is 18.2 Å². The molecule has 7 heteroatoms. The number of rotatable bonds is 3. The van der Waals surface area contributed by atoms with Crippen LogP contribution in [0.5, 0.6) is 0 Å². The number of primary amides is 1. The van der Waals surface area contributed by atoms with Crippen LogP contribution in [0.3, 0.4) is 0 Å². The Kier molecular flexibility index (Phi) is 5.12. The summed E-state index contributed by atoms with van der Waals surface area (Å²) in [6.45, 7) is 1.55.